The number of carbonyl (C=O) groups excluding carboxylic acids is 1. The Morgan fingerprint density at radius 1 is 1.62 bits per heavy atom. The van der Waals surface area contributed by atoms with Crippen LogP contribution in [0.4, 0.5) is 5.69 Å². The van der Waals surface area contributed by atoms with Crippen molar-refractivity contribution < 1.29 is 9.53 Å². The number of hydrogen-bond donors (Lipinski definition) is 3. The Kier molecular flexibility index (Phi) is 4.57. The summed E-state index contributed by atoms with van der Waals surface area (Å²) in [5.74, 6) is 0.213. The number of amides is 1. The second-order valence-corrected chi connectivity index (χ2v) is 4.09. The summed E-state index contributed by atoms with van der Waals surface area (Å²) in [5.41, 5.74) is 11.4. The maximum atomic E-state index is 10.7. The zero-order chi connectivity index (χ0) is 12.1. The second-order valence-electron chi connectivity index (χ2n) is 3.24. The average Bonchev–Trinajstić information content (AvgIpc) is 2.25. The fourth-order valence-electron chi connectivity index (χ4n) is 1.10. The summed E-state index contributed by atoms with van der Waals surface area (Å²) in [5, 5.41) is 3.01. The van der Waals surface area contributed by atoms with Crippen LogP contribution in [-0.4, -0.2) is 25.6 Å². The standard InChI is InChI=1S/C10H14BrN3O2/c1-16-9-3-2-6(4-7(9)11)14-5-8(12)10(13)15/h2-4,8,14H,5,12H2,1H3,(H2,13,15). The van der Waals surface area contributed by atoms with Crippen molar-refractivity contribution in [2.75, 3.05) is 19.0 Å². The van der Waals surface area contributed by atoms with Gasteiger partial charge in [-0.05, 0) is 34.1 Å². The SMILES string of the molecule is COc1ccc(NCC(N)C(N)=O)cc1Br. The smallest absolute Gasteiger partial charge is 0.236 e. The number of primary amides is 1. The number of hydrogen-bond acceptors (Lipinski definition) is 4. The quantitative estimate of drug-likeness (QED) is 0.743. The van der Waals surface area contributed by atoms with Gasteiger partial charge in [0.05, 0.1) is 11.6 Å². The molecule has 0 fully saturated rings. The lowest BCUT2D eigenvalue weighted by atomic mass is 10.2. The van der Waals surface area contributed by atoms with Crippen LogP contribution in [0.1, 0.15) is 0 Å². The predicted molar refractivity (Wildman–Crippen MR) is 66.4 cm³/mol. The lowest BCUT2D eigenvalue weighted by Gasteiger charge is -2.11. The highest BCUT2D eigenvalue weighted by atomic mass is 79.9. The molecule has 0 aliphatic rings. The number of carbonyl (C=O) groups is 1. The molecule has 1 atom stereocenters. The lowest BCUT2D eigenvalue weighted by molar-refractivity contribution is -0.118. The van der Waals surface area contributed by atoms with Crippen LogP contribution in [0.3, 0.4) is 0 Å². The summed E-state index contributed by atoms with van der Waals surface area (Å²) in [4.78, 5) is 10.7. The van der Waals surface area contributed by atoms with Gasteiger partial charge in [0.25, 0.3) is 0 Å². The van der Waals surface area contributed by atoms with Gasteiger partial charge in [0.15, 0.2) is 0 Å². The van der Waals surface area contributed by atoms with Gasteiger partial charge in [0.1, 0.15) is 11.8 Å². The van der Waals surface area contributed by atoms with Crippen LogP contribution in [0.25, 0.3) is 0 Å². The zero-order valence-corrected chi connectivity index (χ0v) is 10.5. The van der Waals surface area contributed by atoms with E-state index in [-0.39, 0.29) is 0 Å². The van der Waals surface area contributed by atoms with Crippen LogP contribution in [0.5, 0.6) is 5.75 Å². The number of nitrogens with two attached hydrogens (primary N) is 2. The summed E-state index contributed by atoms with van der Waals surface area (Å²) >= 11 is 3.36. The number of anilines is 1. The van der Waals surface area contributed by atoms with Crippen molar-refractivity contribution in [3.63, 3.8) is 0 Å². The molecular formula is C10H14BrN3O2. The predicted octanol–water partition coefficient (Wildman–Crippen LogP) is 0.682. The fourth-order valence-corrected chi connectivity index (χ4v) is 1.65. The van der Waals surface area contributed by atoms with Crippen molar-refractivity contribution in [3.8, 4) is 5.75 Å². The molecule has 0 heterocycles. The minimum atomic E-state index is -0.694. The number of nitrogens with one attached hydrogen (secondary N) is 1. The normalized spacial score (nSPS) is 11.9. The molecule has 0 aromatic heterocycles. The number of rotatable bonds is 5. The molecule has 88 valence electrons. The van der Waals surface area contributed by atoms with Gasteiger partial charge in [-0.25, -0.2) is 0 Å². The molecule has 0 radical (unpaired) electrons. The molecule has 1 rings (SSSR count). The molecule has 5 N–H and O–H groups in total. The molecule has 1 aromatic carbocycles. The molecule has 0 aliphatic carbocycles. The molecule has 0 saturated carbocycles. The Labute approximate surface area is 102 Å². The molecule has 0 spiro atoms. The Bertz CT molecular complexity index is 384. The van der Waals surface area contributed by atoms with E-state index in [1.807, 2.05) is 18.2 Å². The molecule has 6 heteroatoms. The molecule has 0 bridgehead atoms. The van der Waals surface area contributed by atoms with Crippen LogP contribution >= 0.6 is 15.9 Å². The molecule has 16 heavy (non-hydrogen) atoms. The summed E-state index contributed by atoms with van der Waals surface area (Å²) in [6.07, 6.45) is 0. The minimum absolute atomic E-state index is 0.300. The maximum absolute atomic E-state index is 10.7. The van der Waals surface area contributed by atoms with Crippen molar-refractivity contribution in [1.29, 1.82) is 0 Å². The second kappa shape index (κ2) is 5.72. The van der Waals surface area contributed by atoms with Crippen LogP contribution in [-0.2, 0) is 4.79 Å². The first-order valence-electron chi connectivity index (χ1n) is 4.67. The Morgan fingerprint density at radius 3 is 2.81 bits per heavy atom. The van der Waals surface area contributed by atoms with E-state index in [4.69, 9.17) is 16.2 Å². The first-order valence-corrected chi connectivity index (χ1v) is 5.46. The van der Waals surface area contributed by atoms with Crippen molar-refractivity contribution in [1.82, 2.24) is 0 Å². The molecule has 5 nitrogen and oxygen atoms in total. The zero-order valence-electron chi connectivity index (χ0n) is 8.87. The first-order chi connectivity index (χ1) is 7.54. The van der Waals surface area contributed by atoms with Gasteiger partial charge in [0, 0.05) is 12.2 Å². The van der Waals surface area contributed by atoms with Gasteiger partial charge in [-0.3, -0.25) is 4.79 Å². The number of methoxy groups -OCH3 is 1. The van der Waals surface area contributed by atoms with Crippen molar-refractivity contribution in [2.24, 2.45) is 11.5 Å². The largest absolute Gasteiger partial charge is 0.496 e. The first kappa shape index (κ1) is 12.8. The maximum Gasteiger partial charge on any atom is 0.236 e. The molecule has 1 unspecified atom stereocenters. The van der Waals surface area contributed by atoms with E-state index in [0.29, 0.717) is 6.54 Å². The van der Waals surface area contributed by atoms with Crippen LogP contribution < -0.4 is 21.5 Å². The van der Waals surface area contributed by atoms with E-state index >= 15 is 0 Å². The third-order valence-electron chi connectivity index (χ3n) is 2.04. The highest BCUT2D eigenvalue weighted by Gasteiger charge is 2.08. The molecule has 0 saturated heterocycles. The minimum Gasteiger partial charge on any atom is -0.496 e. The Morgan fingerprint density at radius 2 is 2.31 bits per heavy atom. The summed E-state index contributed by atoms with van der Waals surface area (Å²) in [7, 11) is 1.59. The third-order valence-corrected chi connectivity index (χ3v) is 2.66. The van der Waals surface area contributed by atoms with Gasteiger partial charge in [0.2, 0.25) is 5.91 Å². The van der Waals surface area contributed by atoms with Gasteiger partial charge >= 0.3 is 0 Å². The van der Waals surface area contributed by atoms with E-state index in [2.05, 4.69) is 21.2 Å². The Balaban J connectivity index is 2.62. The van der Waals surface area contributed by atoms with Crippen LogP contribution in [0.15, 0.2) is 22.7 Å². The molecule has 1 aromatic rings. The van der Waals surface area contributed by atoms with E-state index in [1.165, 1.54) is 0 Å². The monoisotopic (exact) mass is 287 g/mol. The summed E-state index contributed by atoms with van der Waals surface area (Å²) in [6.45, 7) is 0.300. The topological polar surface area (TPSA) is 90.4 Å². The summed E-state index contributed by atoms with van der Waals surface area (Å²) in [6, 6.07) is 4.78. The van der Waals surface area contributed by atoms with E-state index < -0.39 is 11.9 Å². The number of benzene rings is 1. The van der Waals surface area contributed by atoms with E-state index in [9.17, 15) is 4.79 Å². The average molecular weight is 288 g/mol. The van der Waals surface area contributed by atoms with Crippen molar-refractivity contribution >= 4 is 27.5 Å². The number of halogens is 1. The van der Waals surface area contributed by atoms with Gasteiger partial charge in [-0.2, -0.15) is 0 Å². The van der Waals surface area contributed by atoms with Crippen molar-refractivity contribution in [3.05, 3.63) is 22.7 Å². The van der Waals surface area contributed by atoms with Crippen LogP contribution in [0, 0.1) is 0 Å². The third kappa shape index (κ3) is 3.39. The summed E-state index contributed by atoms with van der Waals surface area (Å²) < 4.78 is 5.92. The van der Waals surface area contributed by atoms with Gasteiger partial charge < -0.3 is 21.5 Å². The van der Waals surface area contributed by atoms with Crippen molar-refractivity contribution in [2.45, 2.75) is 6.04 Å². The van der Waals surface area contributed by atoms with E-state index in [1.54, 1.807) is 7.11 Å². The molecule has 1 amide bonds. The van der Waals surface area contributed by atoms with Gasteiger partial charge in [-0.1, -0.05) is 0 Å². The Hall–Kier alpha value is -1.27. The fraction of sp³-hybridized carbons (Fsp3) is 0.300. The molecular weight excluding hydrogens is 274 g/mol. The highest BCUT2D eigenvalue weighted by Crippen LogP contribution is 2.27. The highest BCUT2D eigenvalue weighted by molar-refractivity contribution is 9.10. The molecule has 0 aliphatic heterocycles. The number of ether oxygens (including phenoxy) is 1. The lowest BCUT2D eigenvalue weighted by Crippen LogP contribution is -2.41. The van der Waals surface area contributed by atoms with Gasteiger partial charge in [-0.15, -0.1) is 0 Å². The van der Waals surface area contributed by atoms with Crippen LogP contribution in [0.2, 0.25) is 0 Å². The van der Waals surface area contributed by atoms with E-state index in [0.717, 1.165) is 15.9 Å².